The van der Waals surface area contributed by atoms with Crippen LogP contribution in [0.3, 0.4) is 0 Å². The van der Waals surface area contributed by atoms with Gasteiger partial charge in [-0.2, -0.15) is 0 Å². The third-order valence-corrected chi connectivity index (χ3v) is 3.72. The van der Waals surface area contributed by atoms with E-state index in [0.29, 0.717) is 0 Å². The van der Waals surface area contributed by atoms with Gasteiger partial charge in [-0.25, -0.2) is 0 Å². The van der Waals surface area contributed by atoms with Crippen molar-refractivity contribution in [2.24, 2.45) is 0 Å². The summed E-state index contributed by atoms with van der Waals surface area (Å²) in [7, 11) is 0. The first kappa shape index (κ1) is 10.9. The predicted molar refractivity (Wildman–Crippen MR) is 52.7 cm³/mol. The molecule has 3 nitrogen and oxygen atoms in total. The quantitative estimate of drug-likeness (QED) is 0.702. The topological polar surface area (TPSA) is 46.5 Å². The highest BCUT2D eigenvalue weighted by atomic mass is 32.2. The number of thioether (sulfide) groups is 1. The molecule has 0 spiro atoms. The highest BCUT2D eigenvalue weighted by Crippen LogP contribution is 2.30. The van der Waals surface area contributed by atoms with E-state index in [4.69, 9.17) is 4.74 Å². The minimum atomic E-state index is -0.381. The second kappa shape index (κ2) is 4.33. The van der Waals surface area contributed by atoms with Crippen molar-refractivity contribution < 1.29 is 14.6 Å². The van der Waals surface area contributed by atoms with Crippen molar-refractivity contribution in [3.8, 4) is 0 Å². The number of ether oxygens (including phenoxy) is 1. The maximum Gasteiger partial charge on any atom is 0.319 e. The summed E-state index contributed by atoms with van der Waals surface area (Å²) < 4.78 is 5.01. The Bertz CT molecular complexity index is 193. The zero-order valence-electron chi connectivity index (χ0n) is 8.19. The summed E-state index contributed by atoms with van der Waals surface area (Å²) in [5.41, 5.74) is 0. The molecule has 0 radical (unpaired) electrons. The predicted octanol–water partition coefficient (Wildman–Crippen LogP) is 1.19. The normalized spacial score (nSPS) is 32.8. The molecule has 0 aliphatic carbocycles. The van der Waals surface area contributed by atoms with E-state index in [2.05, 4.69) is 0 Å². The summed E-state index contributed by atoms with van der Waals surface area (Å²) in [6, 6.07) is 0. The lowest BCUT2D eigenvalue weighted by Gasteiger charge is -2.16. The van der Waals surface area contributed by atoms with E-state index in [0.717, 1.165) is 6.42 Å². The molecule has 4 heteroatoms. The summed E-state index contributed by atoms with van der Waals surface area (Å²) >= 11 is 1.50. The lowest BCUT2D eigenvalue weighted by molar-refractivity contribution is -0.140. The van der Waals surface area contributed by atoms with Crippen LogP contribution in [0.4, 0.5) is 0 Å². The van der Waals surface area contributed by atoms with Gasteiger partial charge in [0.15, 0.2) is 0 Å². The Morgan fingerprint density at radius 1 is 1.62 bits per heavy atom. The Balaban J connectivity index is 2.41. The van der Waals surface area contributed by atoms with E-state index in [1.807, 2.05) is 13.8 Å². The third-order valence-electron chi connectivity index (χ3n) is 2.18. The molecule has 1 aliphatic rings. The van der Waals surface area contributed by atoms with Crippen LogP contribution in [-0.2, 0) is 9.53 Å². The van der Waals surface area contributed by atoms with Crippen LogP contribution in [0, 0.1) is 0 Å². The first-order valence-corrected chi connectivity index (χ1v) is 5.49. The number of carbonyl (C=O) groups is 1. The van der Waals surface area contributed by atoms with E-state index in [9.17, 15) is 9.90 Å². The molecule has 4 atom stereocenters. The first-order valence-electron chi connectivity index (χ1n) is 4.54. The fourth-order valence-electron chi connectivity index (χ4n) is 1.20. The molecule has 1 fully saturated rings. The maximum absolute atomic E-state index is 11.2. The van der Waals surface area contributed by atoms with E-state index >= 15 is 0 Å². The molecule has 0 aromatic heterocycles. The number of aliphatic hydroxyl groups excluding tert-OH is 1. The van der Waals surface area contributed by atoms with Crippen molar-refractivity contribution >= 4 is 17.7 Å². The van der Waals surface area contributed by atoms with Crippen LogP contribution in [0.1, 0.15) is 27.2 Å². The van der Waals surface area contributed by atoms with Gasteiger partial charge in [-0.05, 0) is 13.8 Å². The van der Waals surface area contributed by atoms with Gasteiger partial charge in [0.05, 0.1) is 6.10 Å². The minimum absolute atomic E-state index is 0.0335. The molecule has 13 heavy (non-hydrogen) atoms. The smallest absolute Gasteiger partial charge is 0.319 e. The van der Waals surface area contributed by atoms with Crippen LogP contribution in [0.25, 0.3) is 0 Å². The summed E-state index contributed by atoms with van der Waals surface area (Å²) in [6.07, 6.45) is 0.417. The fourth-order valence-corrected chi connectivity index (χ4v) is 2.50. The number of carbonyl (C=O) groups excluding carboxylic acids is 1. The number of cyclic esters (lactones) is 1. The third kappa shape index (κ3) is 2.88. The molecule has 1 aliphatic heterocycles. The number of aliphatic hydroxyl groups is 1. The molecule has 0 aromatic rings. The van der Waals surface area contributed by atoms with E-state index in [-0.39, 0.29) is 28.7 Å². The Kier molecular flexibility index (Phi) is 3.62. The molecular weight excluding hydrogens is 188 g/mol. The molecule has 0 saturated carbocycles. The Morgan fingerprint density at radius 2 is 2.23 bits per heavy atom. The number of hydrogen-bond donors (Lipinski definition) is 1. The van der Waals surface area contributed by atoms with Gasteiger partial charge in [0.1, 0.15) is 11.4 Å². The number of hydrogen-bond acceptors (Lipinski definition) is 4. The van der Waals surface area contributed by atoms with E-state index in [1.165, 1.54) is 11.8 Å². The molecule has 76 valence electrons. The Morgan fingerprint density at radius 3 is 2.62 bits per heavy atom. The summed E-state index contributed by atoms with van der Waals surface area (Å²) in [4.78, 5) is 11.2. The largest absolute Gasteiger partial charge is 0.462 e. The molecule has 0 amide bonds. The Labute approximate surface area is 82.8 Å². The first-order chi connectivity index (χ1) is 6.00. The van der Waals surface area contributed by atoms with E-state index in [1.54, 1.807) is 6.92 Å². The molecule has 1 rings (SSSR count). The van der Waals surface area contributed by atoms with Crippen molar-refractivity contribution in [2.45, 2.75) is 49.9 Å². The van der Waals surface area contributed by atoms with Crippen molar-refractivity contribution in [1.82, 2.24) is 0 Å². The van der Waals surface area contributed by atoms with Crippen LogP contribution in [-0.4, -0.2) is 33.8 Å². The van der Waals surface area contributed by atoms with Crippen LogP contribution >= 0.6 is 11.8 Å². The summed E-state index contributed by atoms with van der Waals surface area (Å²) in [5.74, 6) is -0.134. The van der Waals surface area contributed by atoms with Gasteiger partial charge in [0, 0.05) is 11.7 Å². The summed E-state index contributed by atoms with van der Waals surface area (Å²) in [5, 5.41) is 9.26. The monoisotopic (exact) mass is 204 g/mol. The molecule has 1 N–H and O–H groups in total. The van der Waals surface area contributed by atoms with Crippen LogP contribution in [0.5, 0.6) is 0 Å². The zero-order valence-corrected chi connectivity index (χ0v) is 9.00. The van der Waals surface area contributed by atoms with Gasteiger partial charge in [-0.3, -0.25) is 4.79 Å². The number of esters is 1. The molecule has 1 saturated heterocycles. The zero-order chi connectivity index (χ0) is 10.0. The highest BCUT2D eigenvalue weighted by molar-refractivity contribution is 8.01. The van der Waals surface area contributed by atoms with Gasteiger partial charge in [0.25, 0.3) is 0 Å². The van der Waals surface area contributed by atoms with Gasteiger partial charge in [0.2, 0.25) is 0 Å². The second-order valence-corrected chi connectivity index (χ2v) is 5.14. The second-order valence-electron chi connectivity index (χ2n) is 3.55. The van der Waals surface area contributed by atoms with Crippen LogP contribution in [0.15, 0.2) is 0 Å². The molecule has 0 aromatic carbocycles. The Hall–Kier alpha value is -0.220. The van der Waals surface area contributed by atoms with Gasteiger partial charge in [-0.1, -0.05) is 6.92 Å². The standard InChI is InChI=1S/C9H16O3S/c1-5-4-8(9(11)12-5)13-7(3)6(2)10/h5-8,10H,4H2,1-3H3. The SMILES string of the molecule is CC1CC(SC(C)C(C)O)C(=O)O1. The average molecular weight is 204 g/mol. The van der Waals surface area contributed by atoms with Crippen molar-refractivity contribution in [2.75, 3.05) is 0 Å². The van der Waals surface area contributed by atoms with Gasteiger partial charge < -0.3 is 9.84 Å². The lowest BCUT2D eigenvalue weighted by atomic mass is 10.2. The van der Waals surface area contributed by atoms with Crippen LogP contribution < -0.4 is 0 Å². The fraction of sp³-hybridized carbons (Fsp3) is 0.889. The van der Waals surface area contributed by atoms with Crippen molar-refractivity contribution in [3.05, 3.63) is 0 Å². The van der Waals surface area contributed by atoms with Gasteiger partial charge in [-0.15, -0.1) is 11.8 Å². The van der Waals surface area contributed by atoms with Crippen molar-refractivity contribution in [1.29, 1.82) is 0 Å². The molecule has 1 heterocycles. The van der Waals surface area contributed by atoms with Gasteiger partial charge >= 0.3 is 5.97 Å². The number of rotatable bonds is 3. The molecular formula is C9H16O3S. The lowest BCUT2D eigenvalue weighted by Crippen LogP contribution is -2.21. The molecule has 0 bridgehead atoms. The van der Waals surface area contributed by atoms with Crippen LogP contribution in [0.2, 0.25) is 0 Å². The van der Waals surface area contributed by atoms with E-state index < -0.39 is 0 Å². The summed E-state index contributed by atoms with van der Waals surface area (Å²) in [6.45, 7) is 5.55. The average Bonchev–Trinajstić information content (AvgIpc) is 2.30. The maximum atomic E-state index is 11.2. The minimum Gasteiger partial charge on any atom is -0.462 e. The highest BCUT2D eigenvalue weighted by Gasteiger charge is 2.34. The van der Waals surface area contributed by atoms with Crippen molar-refractivity contribution in [3.63, 3.8) is 0 Å². The molecule has 4 unspecified atom stereocenters.